The summed E-state index contributed by atoms with van der Waals surface area (Å²) in [6.45, 7) is -0.745. The average molecular weight is 618 g/mol. The largest absolute Gasteiger partial charge is 0.494 e. The normalized spacial score (nSPS) is 11.9. The maximum Gasteiger partial charge on any atom is 0.416 e. The van der Waals surface area contributed by atoms with Gasteiger partial charge in [0.25, 0.3) is 5.56 Å². The molecular formula is C29H24F5N5O3S. The molecule has 0 saturated heterocycles. The van der Waals surface area contributed by atoms with Crippen molar-refractivity contribution < 1.29 is 26.7 Å². The van der Waals surface area contributed by atoms with Crippen molar-refractivity contribution in [1.29, 1.82) is 0 Å². The molecule has 0 radical (unpaired) electrons. The van der Waals surface area contributed by atoms with Gasteiger partial charge in [0.1, 0.15) is 16.5 Å². The standard InChI is InChI=1S/C29H24F5N5O3S/c1-37(2)13-17-23-26(40)39(20-8-5-9-21(42-3)24(20)31)28(41)38(14-16-18(29(32,33)34)6-4-7-19(16)30)27(23)43-25(17)15-10-11-22(35)36-12-15/h4-12H,13-14H2,1-3H3,(H2,35,36). The molecule has 0 aliphatic heterocycles. The van der Waals surface area contributed by atoms with Gasteiger partial charge in [0, 0.05) is 28.7 Å². The number of anilines is 1. The maximum absolute atomic E-state index is 15.5. The van der Waals surface area contributed by atoms with Gasteiger partial charge >= 0.3 is 11.9 Å². The molecule has 224 valence electrons. The molecule has 0 saturated carbocycles. The van der Waals surface area contributed by atoms with E-state index in [0.29, 0.717) is 26.6 Å². The molecule has 43 heavy (non-hydrogen) atoms. The maximum atomic E-state index is 15.5. The van der Waals surface area contributed by atoms with Crippen LogP contribution in [0.5, 0.6) is 5.75 Å². The van der Waals surface area contributed by atoms with Crippen molar-refractivity contribution in [3.8, 4) is 21.9 Å². The Balaban J connectivity index is 1.95. The lowest BCUT2D eigenvalue weighted by molar-refractivity contribution is -0.138. The molecule has 3 heterocycles. The summed E-state index contributed by atoms with van der Waals surface area (Å²) in [5.41, 5.74) is 2.03. The zero-order valence-electron chi connectivity index (χ0n) is 23.0. The number of benzene rings is 2. The van der Waals surface area contributed by atoms with Crippen LogP contribution in [0.3, 0.4) is 0 Å². The SMILES string of the molecule is COc1cccc(-n2c(=O)c3c(CN(C)C)c(-c4ccc(N)nc4)sc3n(Cc3c(F)cccc3C(F)(F)F)c2=O)c1F. The number of pyridine rings is 1. The van der Waals surface area contributed by atoms with E-state index >= 15 is 8.78 Å². The highest BCUT2D eigenvalue weighted by Crippen LogP contribution is 2.39. The van der Waals surface area contributed by atoms with E-state index in [1.807, 2.05) is 0 Å². The fraction of sp³-hybridized carbons (Fsp3) is 0.207. The monoisotopic (exact) mass is 617 g/mol. The second kappa shape index (κ2) is 11.3. The van der Waals surface area contributed by atoms with Crippen LogP contribution in [0.15, 0.2) is 64.3 Å². The molecule has 0 spiro atoms. The Morgan fingerprint density at radius 1 is 1.02 bits per heavy atom. The lowest BCUT2D eigenvalue weighted by Gasteiger charge is -2.17. The Labute approximate surface area is 245 Å². The van der Waals surface area contributed by atoms with Crippen molar-refractivity contribution in [2.24, 2.45) is 0 Å². The van der Waals surface area contributed by atoms with Gasteiger partial charge in [0.15, 0.2) is 11.6 Å². The van der Waals surface area contributed by atoms with Crippen LogP contribution in [0, 0.1) is 11.6 Å². The van der Waals surface area contributed by atoms with Crippen LogP contribution in [0.25, 0.3) is 26.3 Å². The third-order valence-corrected chi connectivity index (χ3v) is 8.04. The van der Waals surface area contributed by atoms with Gasteiger partial charge in [0.2, 0.25) is 0 Å². The molecule has 2 aromatic carbocycles. The molecular weight excluding hydrogens is 593 g/mol. The fourth-order valence-corrected chi connectivity index (χ4v) is 6.12. The van der Waals surface area contributed by atoms with E-state index in [2.05, 4.69) is 4.98 Å². The zero-order chi connectivity index (χ0) is 31.2. The molecule has 2 N–H and O–H groups in total. The van der Waals surface area contributed by atoms with Crippen LogP contribution in [-0.4, -0.2) is 40.2 Å². The van der Waals surface area contributed by atoms with Gasteiger partial charge in [-0.05, 0) is 56.1 Å². The third kappa shape index (κ3) is 5.39. The van der Waals surface area contributed by atoms with Crippen LogP contribution >= 0.6 is 11.3 Å². The van der Waals surface area contributed by atoms with E-state index in [1.165, 1.54) is 37.6 Å². The molecule has 0 unspecified atom stereocenters. The summed E-state index contributed by atoms with van der Waals surface area (Å²) < 4.78 is 78.9. The minimum atomic E-state index is -4.94. The van der Waals surface area contributed by atoms with Crippen LogP contribution in [0.4, 0.5) is 27.8 Å². The molecule has 0 aliphatic rings. The highest BCUT2D eigenvalue weighted by molar-refractivity contribution is 7.22. The van der Waals surface area contributed by atoms with Crippen molar-refractivity contribution in [2.75, 3.05) is 26.9 Å². The Hall–Kier alpha value is -4.56. The Bertz CT molecular complexity index is 1960. The summed E-state index contributed by atoms with van der Waals surface area (Å²) in [6.07, 6.45) is -3.49. The van der Waals surface area contributed by atoms with Gasteiger partial charge in [-0.2, -0.15) is 13.2 Å². The smallest absolute Gasteiger partial charge is 0.416 e. The first-order valence-electron chi connectivity index (χ1n) is 12.7. The van der Waals surface area contributed by atoms with Crippen molar-refractivity contribution in [2.45, 2.75) is 19.3 Å². The summed E-state index contributed by atoms with van der Waals surface area (Å²) in [5.74, 6) is -2.28. The van der Waals surface area contributed by atoms with Gasteiger partial charge in [-0.3, -0.25) is 9.36 Å². The summed E-state index contributed by atoms with van der Waals surface area (Å²) >= 11 is 0.954. The number of hydrogen-bond acceptors (Lipinski definition) is 7. The first kappa shape index (κ1) is 29.9. The highest BCUT2D eigenvalue weighted by Gasteiger charge is 2.35. The van der Waals surface area contributed by atoms with E-state index in [4.69, 9.17) is 10.5 Å². The quantitative estimate of drug-likeness (QED) is 0.250. The molecule has 0 atom stereocenters. The lowest BCUT2D eigenvalue weighted by atomic mass is 10.1. The van der Waals surface area contributed by atoms with Gasteiger partial charge < -0.3 is 15.4 Å². The van der Waals surface area contributed by atoms with Crippen molar-refractivity contribution >= 4 is 27.4 Å². The fourth-order valence-electron chi connectivity index (χ4n) is 4.83. The van der Waals surface area contributed by atoms with Crippen LogP contribution in [0.1, 0.15) is 16.7 Å². The molecule has 5 rings (SSSR count). The number of nitrogens with two attached hydrogens (primary N) is 1. The van der Waals surface area contributed by atoms with Gasteiger partial charge in [-0.15, -0.1) is 11.3 Å². The summed E-state index contributed by atoms with van der Waals surface area (Å²) in [5, 5.41) is -0.0442. The van der Waals surface area contributed by atoms with Crippen LogP contribution in [-0.2, 0) is 19.3 Å². The van der Waals surface area contributed by atoms with Gasteiger partial charge in [-0.1, -0.05) is 12.1 Å². The number of ether oxygens (including phenoxy) is 1. The van der Waals surface area contributed by atoms with Crippen LogP contribution < -0.4 is 21.7 Å². The molecule has 0 amide bonds. The topological polar surface area (TPSA) is 95.4 Å². The number of nitrogens with zero attached hydrogens (tertiary/aromatic N) is 4. The lowest BCUT2D eigenvalue weighted by Crippen LogP contribution is -2.40. The van der Waals surface area contributed by atoms with Gasteiger partial charge in [0.05, 0.1) is 30.3 Å². The van der Waals surface area contributed by atoms with E-state index in [1.54, 1.807) is 25.1 Å². The predicted molar refractivity (Wildman–Crippen MR) is 154 cm³/mol. The average Bonchev–Trinajstić information content (AvgIpc) is 3.31. The first-order valence-corrected chi connectivity index (χ1v) is 13.5. The second-order valence-electron chi connectivity index (χ2n) is 9.87. The number of hydrogen-bond donors (Lipinski definition) is 1. The number of alkyl halides is 3. The molecule has 8 nitrogen and oxygen atoms in total. The predicted octanol–water partition coefficient (Wildman–Crippen LogP) is 5.27. The Morgan fingerprint density at radius 3 is 2.37 bits per heavy atom. The molecule has 0 fully saturated rings. The number of methoxy groups -OCH3 is 1. The van der Waals surface area contributed by atoms with Gasteiger partial charge in [-0.25, -0.2) is 23.1 Å². The first-order chi connectivity index (χ1) is 20.3. The number of fused-ring (bicyclic) bond motifs is 1. The van der Waals surface area contributed by atoms with E-state index in [-0.39, 0.29) is 28.3 Å². The van der Waals surface area contributed by atoms with E-state index in [9.17, 15) is 22.8 Å². The third-order valence-electron chi connectivity index (χ3n) is 6.74. The van der Waals surface area contributed by atoms with Crippen molar-refractivity contribution in [1.82, 2.24) is 19.0 Å². The van der Waals surface area contributed by atoms with Crippen LogP contribution in [0.2, 0.25) is 0 Å². The number of nitrogen functional groups attached to an aromatic ring is 1. The molecule has 0 bridgehead atoms. The number of aromatic nitrogens is 3. The van der Waals surface area contributed by atoms with Crippen molar-refractivity contribution in [3.05, 3.63) is 104 Å². The second-order valence-corrected chi connectivity index (χ2v) is 10.9. The van der Waals surface area contributed by atoms with E-state index < -0.39 is 52.4 Å². The summed E-state index contributed by atoms with van der Waals surface area (Å²) in [7, 11) is 4.67. The molecule has 3 aromatic heterocycles. The number of halogens is 5. The summed E-state index contributed by atoms with van der Waals surface area (Å²) in [4.78, 5) is 34.5. The molecule has 0 aliphatic carbocycles. The van der Waals surface area contributed by atoms with E-state index in [0.717, 1.165) is 28.0 Å². The highest BCUT2D eigenvalue weighted by atomic mass is 32.1. The minimum Gasteiger partial charge on any atom is -0.494 e. The summed E-state index contributed by atoms with van der Waals surface area (Å²) in [6, 6.07) is 9.46. The Kier molecular flexibility index (Phi) is 7.84. The molecule has 5 aromatic rings. The number of rotatable bonds is 7. The van der Waals surface area contributed by atoms with Crippen molar-refractivity contribution in [3.63, 3.8) is 0 Å². The zero-order valence-corrected chi connectivity index (χ0v) is 23.8. The number of thiophene rings is 1. The minimum absolute atomic E-state index is 0.0189. The molecule has 14 heteroatoms. The Morgan fingerprint density at radius 2 is 1.74 bits per heavy atom.